The number of aromatic nitrogens is 1. The first-order chi connectivity index (χ1) is 11.4. The molecule has 4 N–H and O–H groups in total. The van der Waals surface area contributed by atoms with Crippen LogP contribution in [0.3, 0.4) is 0 Å². The van der Waals surface area contributed by atoms with Gasteiger partial charge in [-0.15, -0.1) is 11.8 Å². The zero-order valence-corrected chi connectivity index (χ0v) is 13.6. The number of halogens is 1. The van der Waals surface area contributed by atoms with Crippen LogP contribution in [0.5, 0.6) is 0 Å². The molecule has 2 aliphatic rings. The van der Waals surface area contributed by atoms with Crippen molar-refractivity contribution >= 4 is 29.5 Å². The van der Waals surface area contributed by atoms with Crippen molar-refractivity contribution in [2.75, 3.05) is 11.1 Å². The van der Waals surface area contributed by atoms with Gasteiger partial charge in [-0.25, -0.2) is 9.37 Å². The Labute approximate surface area is 142 Å². The predicted octanol–water partition coefficient (Wildman–Crippen LogP) is 0.969. The highest BCUT2D eigenvalue weighted by molar-refractivity contribution is 8.00. The van der Waals surface area contributed by atoms with Crippen LogP contribution in [0.25, 0.3) is 0 Å². The van der Waals surface area contributed by atoms with Gasteiger partial charge in [-0.2, -0.15) is 0 Å². The van der Waals surface area contributed by atoms with Gasteiger partial charge in [0.25, 0.3) is 0 Å². The van der Waals surface area contributed by atoms with E-state index in [1.165, 1.54) is 17.8 Å². The molecule has 1 aromatic heterocycles. The van der Waals surface area contributed by atoms with Gasteiger partial charge in [0.15, 0.2) is 0 Å². The fourth-order valence-electron chi connectivity index (χ4n) is 2.98. The van der Waals surface area contributed by atoms with E-state index >= 15 is 0 Å². The number of aliphatic hydroxyl groups is 1. The molecule has 9 heteroatoms. The molecule has 0 radical (unpaired) electrons. The molecule has 0 saturated heterocycles. The lowest BCUT2D eigenvalue weighted by atomic mass is 9.84. The largest absolute Gasteiger partial charge is 0.481 e. The van der Waals surface area contributed by atoms with Crippen LogP contribution in [0.1, 0.15) is 25.0 Å². The zero-order valence-electron chi connectivity index (χ0n) is 12.8. The monoisotopic (exact) mass is 355 g/mol. The highest BCUT2D eigenvalue weighted by Crippen LogP contribution is 2.31. The van der Waals surface area contributed by atoms with Gasteiger partial charge >= 0.3 is 5.97 Å². The van der Waals surface area contributed by atoms with Crippen molar-refractivity contribution in [3.63, 3.8) is 0 Å². The number of carboxylic acids is 1. The first-order valence-corrected chi connectivity index (χ1v) is 8.69. The van der Waals surface area contributed by atoms with Gasteiger partial charge in [-0.05, 0) is 25.3 Å². The number of nitrogens with one attached hydrogen (secondary N) is 2. The number of rotatable bonds is 4. The van der Waals surface area contributed by atoms with Crippen LogP contribution in [0.2, 0.25) is 0 Å². The molecule has 0 spiro atoms. The summed E-state index contributed by atoms with van der Waals surface area (Å²) in [5.74, 6) is -1.49. The second kappa shape index (κ2) is 7.04. The van der Waals surface area contributed by atoms with Crippen molar-refractivity contribution in [1.82, 2.24) is 10.3 Å². The summed E-state index contributed by atoms with van der Waals surface area (Å²) in [5.41, 5.74) is 0.157. The van der Waals surface area contributed by atoms with E-state index in [1.54, 1.807) is 0 Å². The Balaban J connectivity index is 1.64. The van der Waals surface area contributed by atoms with Crippen LogP contribution in [0.15, 0.2) is 11.0 Å². The summed E-state index contributed by atoms with van der Waals surface area (Å²) in [6.07, 6.45) is 0.351. The molecule has 24 heavy (non-hydrogen) atoms. The molecule has 3 atom stereocenters. The molecule has 0 aromatic carbocycles. The van der Waals surface area contributed by atoms with Crippen LogP contribution >= 0.6 is 11.8 Å². The van der Waals surface area contributed by atoms with Crippen LogP contribution < -0.4 is 10.6 Å². The molecule has 0 bridgehead atoms. The number of pyridine rings is 1. The van der Waals surface area contributed by atoms with Gasteiger partial charge in [0.2, 0.25) is 5.91 Å². The SMILES string of the molecule is O=C1CSc2cc(F)c(CN[C@H]3CC[C@H](C(=O)O)C[C@@H]3O)nc2N1. The number of carbonyl (C=O) groups excluding carboxylic acids is 1. The molecule has 1 saturated carbocycles. The van der Waals surface area contributed by atoms with Gasteiger partial charge in [-0.1, -0.05) is 0 Å². The first-order valence-electron chi connectivity index (χ1n) is 7.70. The highest BCUT2D eigenvalue weighted by atomic mass is 32.2. The number of aliphatic hydroxyl groups excluding tert-OH is 1. The molecule has 1 aromatic rings. The lowest BCUT2D eigenvalue weighted by Crippen LogP contribution is -2.45. The average molecular weight is 355 g/mol. The van der Waals surface area contributed by atoms with E-state index < -0.39 is 23.8 Å². The summed E-state index contributed by atoms with van der Waals surface area (Å²) >= 11 is 1.24. The number of carboxylic acid groups (broad SMARTS) is 1. The normalized spacial score (nSPS) is 26.6. The van der Waals surface area contributed by atoms with Gasteiger partial charge in [0.05, 0.1) is 28.4 Å². The van der Waals surface area contributed by atoms with Crippen LogP contribution in [0, 0.1) is 11.7 Å². The van der Waals surface area contributed by atoms with Crippen LogP contribution in [-0.4, -0.2) is 45.0 Å². The van der Waals surface area contributed by atoms with Crippen molar-refractivity contribution in [3.05, 3.63) is 17.6 Å². The van der Waals surface area contributed by atoms with Crippen molar-refractivity contribution in [2.45, 2.75) is 42.8 Å². The van der Waals surface area contributed by atoms with Gasteiger partial charge in [0, 0.05) is 12.6 Å². The van der Waals surface area contributed by atoms with E-state index in [2.05, 4.69) is 15.6 Å². The lowest BCUT2D eigenvalue weighted by Gasteiger charge is -2.32. The van der Waals surface area contributed by atoms with Crippen molar-refractivity contribution in [1.29, 1.82) is 0 Å². The number of aliphatic carboxylic acids is 1. The Morgan fingerprint density at radius 3 is 3.00 bits per heavy atom. The third kappa shape index (κ3) is 3.68. The highest BCUT2D eigenvalue weighted by Gasteiger charge is 2.32. The Morgan fingerprint density at radius 2 is 2.29 bits per heavy atom. The van der Waals surface area contributed by atoms with Crippen molar-refractivity contribution in [3.8, 4) is 0 Å². The number of nitrogens with zero attached hydrogens (tertiary/aromatic N) is 1. The van der Waals surface area contributed by atoms with E-state index in [1.807, 2.05) is 0 Å². The molecule has 3 rings (SSSR count). The fraction of sp³-hybridized carbons (Fsp3) is 0.533. The van der Waals surface area contributed by atoms with Gasteiger partial charge in [-0.3, -0.25) is 9.59 Å². The second-order valence-corrected chi connectivity index (χ2v) is 7.02. The lowest BCUT2D eigenvalue weighted by molar-refractivity contribution is -0.144. The van der Waals surface area contributed by atoms with E-state index in [4.69, 9.17) is 5.11 Å². The molecule has 1 fully saturated rings. The minimum Gasteiger partial charge on any atom is -0.481 e. The summed E-state index contributed by atoms with van der Waals surface area (Å²) in [6, 6.07) is 1.04. The zero-order chi connectivity index (χ0) is 17.3. The maximum Gasteiger partial charge on any atom is 0.306 e. The Morgan fingerprint density at radius 1 is 1.50 bits per heavy atom. The van der Waals surface area contributed by atoms with Crippen LogP contribution in [-0.2, 0) is 16.1 Å². The summed E-state index contributed by atoms with van der Waals surface area (Å²) < 4.78 is 14.1. The van der Waals surface area contributed by atoms with E-state index in [0.29, 0.717) is 23.6 Å². The molecule has 1 aliphatic heterocycles. The van der Waals surface area contributed by atoms with E-state index in [-0.39, 0.29) is 36.4 Å². The van der Waals surface area contributed by atoms with Gasteiger partial charge < -0.3 is 20.8 Å². The second-order valence-electron chi connectivity index (χ2n) is 6.00. The smallest absolute Gasteiger partial charge is 0.306 e. The Bertz CT molecular complexity index is 672. The number of anilines is 1. The van der Waals surface area contributed by atoms with Crippen molar-refractivity contribution in [2.24, 2.45) is 5.92 Å². The number of fused-ring (bicyclic) bond motifs is 1. The van der Waals surface area contributed by atoms with E-state index in [0.717, 1.165) is 0 Å². The molecule has 130 valence electrons. The predicted molar refractivity (Wildman–Crippen MR) is 85.2 cm³/mol. The maximum absolute atomic E-state index is 14.1. The van der Waals surface area contributed by atoms with E-state index in [9.17, 15) is 19.1 Å². The molecular weight excluding hydrogens is 337 g/mol. The Kier molecular flexibility index (Phi) is 5.02. The maximum atomic E-state index is 14.1. The third-order valence-corrected chi connectivity index (χ3v) is 5.36. The molecule has 1 amide bonds. The summed E-state index contributed by atoms with van der Waals surface area (Å²) in [6.45, 7) is 0.0963. The number of carbonyl (C=O) groups is 2. The number of thioether (sulfide) groups is 1. The number of hydrogen-bond donors (Lipinski definition) is 4. The summed E-state index contributed by atoms with van der Waals surface area (Å²) in [7, 11) is 0. The minimum absolute atomic E-state index is 0.0963. The quantitative estimate of drug-likeness (QED) is 0.637. The topological polar surface area (TPSA) is 112 Å². The first kappa shape index (κ1) is 17.1. The third-order valence-electron chi connectivity index (χ3n) is 4.33. The van der Waals surface area contributed by atoms with Crippen molar-refractivity contribution < 1.29 is 24.2 Å². The molecule has 1 aliphatic carbocycles. The van der Waals surface area contributed by atoms with Crippen LogP contribution in [0.4, 0.5) is 10.2 Å². The van der Waals surface area contributed by atoms with Gasteiger partial charge in [0.1, 0.15) is 11.6 Å². The molecule has 2 heterocycles. The minimum atomic E-state index is -0.900. The molecule has 0 unspecified atom stereocenters. The number of hydrogen-bond acceptors (Lipinski definition) is 6. The average Bonchev–Trinajstić information content (AvgIpc) is 2.54. The molecule has 7 nitrogen and oxygen atoms in total. The summed E-state index contributed by atoms with van der Waals surface area (Å²) in [4.78, 5) is 27.1. The molecular formula is C15H18FN3O4S. The Hall–Kier alpha value is -1.71. The standard InChI is InChI=1S/C15H18FN3O4S/c16-8-4-12-14(19-13(21)6-24-12)18-10(8)5-17-9-2-1-7(15(22)23)3-11(9)20/h4,7,9,11,17,20H,1-3,5-6H2,(H,22,23)(H,18,19,21)/t7-,9-,11-/m0/s1. The summed E-state index contributed by atoms with van der Waals surface area (Å²) in [5, 5.41) is 24.7. The number of amides is 1. The fourth-order valence-corrected chi connectivity index (χ4v) is 3.76.